The summed E-state index contributed by atoms with van der Waals surface area (Å²) < 4.78 is 5.07. The molecule has 1 heterocycles. The maximum atomic E-state index is 12.2. The lowest BCUT2D eigenvalue weighted by atomic mass is 9.97. The van der Waals surface area contributed by atoms with E-state index in [1.807, 2.05) is 0 Å². The van der Waals surface area contributed by atoms with Gasteiger partial charge in [-0.2, -0.15) is 0 Å². The van der Waals surface area contributed by atoms with Crippen LogP contribution in [0.2, 0.25) is 0 Å². The summed E-state index contributed by atoms with van der Waals surface area (Å²) >= 11 is 0. The zero-order valence-electron chi connectivity index (χ0n) is 13.4. The molecule has 116 valence electrons. The Labute approximate surface area is 123 Å². The van der Waals surface area contributed by atoms with Crippen molar-refractivity contribution in [1.29, 1.82) is 0 Å². The van der Waals surface area contributed by atoms with Gasteiger partial charge in [0.05, 0.1) is 7.11 Å². The first-order valence-corrected chi connectivity index (χ1v) is 8.10. The molecule has 1 aliphatic heterocycles. The van der Waals surface area contributed by atoms with Crippen LogP contribution in [0, 0.1) is 11.8 Å². The van der Waals surface area contributed by atoms with Crippen LogP contribution < -0.4 is 5.32 Å². The Bertz CT molecular complexity index is 337. The highest BCUT2D eigenvalue weighted by atomic mass is 16.5. The monoisotopic (exact) mass is 282 g/mol. The number of rotatable bonds is 5. The van der Waals surface area contributed by atoms with Crippen LogP contribution in [-0.4, -0.2) is 49.2 Å². The van der Waals surface area contributed by atoms with Gasteiger partial charge in [-0.1, -0.05) is 20.8 Å². The van der Waals surface area contributed by atoms with Crippen molar-refractivity contribution in [2.75, 3.05) is 26.7 Å². The van der Waals surface area contributed by atoms with Gasteiger partial charge in [-0.3, -0.25) is 9.69 Å². The number of carbonyl (C=O) groups is 1. The Morgan fingerprint density at radius 2 is 2.00 bits per heavy atom. The molecule has 4 atom stereocenters. The van der Waals surface area contributed by atoms with Gasteiger partial charge in [0, 0.05) is 19.1 Å². The molecule has 0 amide bonds. The first-order valence-electron chi connectivity index (χ1n) is 8.10. The van der Waals surface area contributed by atoms with Gasteiger partial charge in [-0.25, -0.2) is 0 Å². The van der Waals surface area contributed by atoms with Crippen molar-refractivity contribution in [3.8, 4) is 0 Å². The third kappa shape index (κ3) is 3.01. The highest BCUT2D eigenvalue weighted by Crippen LogP contribution is 2.37. The lowest BCUT2D eigenvalue weighted by molar-refractivity contribution is -0.148. The smallest absolute Gasteiger partial charge is 0.326 e. The van der Waals surface area contributed by atoms with Crippen LogP contribution >= 0.6 is 0 Å². The molecule has 4 heteroatoms. The van der Waals surface area contributed by atoms with Crippen molar-refractivity contribution in [1.82, 2.24) is 10.2 Å². The van der Waals surface area contributed by atoms with E-state index >= 15 is 0 Å². The predicted octanol–water partition coefficient (Wildman–Crippen LogP) is 2.04. The lowest BCUT2D eigenvalue weighted by Gasteiger charge is -2.30. The Kier molecular flexibility index (Phi) is 5.08. The molecule has 1 saturated carbocycles. The number of esters is 1. The molecule has 4 unspecified atom stereocenters. The van der Waals surface area contributed by atoms with E-state index in [1.54, 1.807) is 0 Å². The van der Waals surface area contributed by atoms with Crippen LogP contribution in [0.1, 0.15) is 46.5 Å². The summed E-state index contributed by atoms with van der Waals surface area (Å²) in [5.74, 6) is 1.46. The number of likely N-dealkylation sites (tertiary alicyclic amines) is 1. The minimum Gasteiger partial charge on any atom is -0.468 e. The van der Waals surface area contributed by atoms with Crippen LogP contribution in [0.15, 0.2) is 0 Å². The molecule has 2 rings (SSSR count). The molecule has 2 fully saturated rings. The van der Waals surface area contributed by atoms with E-state index < -0.39 is 5.54 Å². The third-order valence-corrected chi connectivity index (χ3v) is 5.31. The van der Waals surface area contributed by atoms with Crippen LogP contribution in [-0.2, 0) is 9.53 Å². The largest absolute Gasteiger partial charge is 0.468 e. The average molecular weight is 282 g/mol. The van der Waals surface area contributed by atoms with E-state index in [1.165, 1.54) is 20.2 Å². The topological polar surface area (TPSA) is 41.6 Å². The second-order valence-corrected chi connectivity index (χ2v) is 6.81. The fourth-order valence-electron chi connectivity index (χ4n) is 3.78. The van der Waals surface area contributed by atoms with Crippen molar-refractivity contribution in [3.63, 3.8) is 0 Å². The minimum atomic E-state index is -0.440. The zero-order chi connectivity index (χ0) is 14.8. The lowest BCUT2D eigenvalue weighted by Crippen LogP contribution is -2.52. The number of methoxy groups -OCH3 is 1. The van der Waals surface area contributed by atoms with Crippen molar-refractivity contribution in [2.45, 2.75) is 58.0 Å². The minimum absolute atomic E-state index is 0.0752. The summed E-state index contributed by atoms with van der Waals surface area (Å²) in [4.78, 5) is 14.8. The Balaban J connectivity index is 2.01. The van der Waals surface area contributed by atoms with Crippen molar-refractivity contribution in [2.24, 2.45) is 11.8 Å². The van der Waals surface area contributed by atoms with Crippen LogP contribution in [0.5, 0.6) is 0 Å². The first-order chi connectivity index (χ1) is 9.52. The van der Waals surface area contributed by atoms with Gasteiger partial charge in [-0.15, -0.1) is 0 Å². The molecule has 1 saturated heterocycles. The number of nitrogens with zero attached hydrogens (tertiary/aromatic N) is 1. The summed E-state index contributed by atoms with van der Waals surface area (Å²) in [6.07, 6.45) is 3.95. The number of hydrogen-bond donors (Lipinski definition) is 1. The SMILES string of the molecule is CCCNC1(C(=O)OC)CCC(N2CC(C)C(C)C2)C1. The molecule has 0 radical (unpaired) electrons. The number of hydrogen-bond acceptors (Lipinski definition) is 4. The molecule has 4 nitrogen and oxygen atoms in total. The molecule has 2 aliphatic rings. The maximum absolute atomic E-state index is 12.2. The normalized spacial score (nSPS) is 38.3. The van der Waals surface area contributed by atoms with Gasteiger partial charge in [-0.05, 0) is 44.1 Å². The van der Waals surface area contributed by atoms with Gasteiger partial charge in [0.25, 0.3) is 0 Å². The Morgan fingerprint density at radius 3 is 2.55 bits per heavy atom. The van der Waals surface area contributed by atoms with Gasteiger partial charge in [0.15, 0.2) is 0 Å². The molecule has 0 bridgehead atoms. The second-order valence-electron chi connectivity index (χ2n) is 6.81. The fraction of sp³-hybridized carbons (Fsp3) is 0.938. The molecule has 1 N–H and O–H groups in total. The summed E-state index contributed by atoms with van der Waals surface area (Å²) in [6.45, 7) is 10.0. The van der Waals surface area contributed by atoms with Gasteiger partial charge < -0.3 is 10.1 Å². The number of carbonyl (C=O) groups excluding carboxylic acids is 1. The summed E-state index contributed by atoms with van der Waals surface area (Å²) in [7, 11) is 1.50. The molecule has 0 aromatic rings. The van der Waals surface area contributed by atoms with E-state index in [-0.39, 0.29) is 5.97 Å². The highest BCUT2D eigenvalue weighted by molar-refractivity contribution is 5.81. The molecular weight excluding hydrogens is 252 g/mol. The third-order valence-electron chi connectivity index (χ3n) is 5.31. The van der Waals surface area contributed by atoms with Gasteiger partial charge >= 0.3 is 5.97 Å². The van der Waals surface area contributed by atoms with E-state index in [4.69, 9.17) is 4.74 Å². The maximum Gasteiger partial charge on any atom is 0.326 e. The molecule has 0 aromatic carbocycles. The van der Waals surface area contributed by atoms with Gasteiger partial charge in [0.2, 0.25) is 0 Å². The first kappa shape index (κ1) is 15.8. The molecule has 0 spiro atoms. The van der Waals surface area contributed by atoms with Gasteiger partial charge in [0.1, 0.15) is 5.54 Å². The Morgan fingerprint density at radius 1 is 1.35 bits per heavy atom. The molecular formula is C16H30N2O2. The summed E-state index contributed by atoms with van der Waals surface area (Å²) in [5.41, 5.74) is -0.440. The number of ether oxygens (including phenoxy) is 1. The zero-order valence-corrected chi connectivity index (χ0v) is 13.4. The standard InChI is InChI=1S/C16H30N2O2/c1-5-8-17-16(15(19)20-4)7-6-14(9-16)18-10-12(2)13(3)11-18/h12-14,17H,5-11H2,1-4H3. The van der Waals surface area contributed by atoms with Crippen molar-refractivity contribution in [3.05, 3.63) is 0 Å². The van der Waals surface area contributed by atoms with E-state index in [0.717, 1.165) is 44.1 Å². The average Bonchev–Trinajstić information content (AvgIpc) is 3.01. The quantitative estimate of drug-likeness (QED) is 0.784. The molecule has 1 aliphatic carbocycles. The van der Waals surface area contributed by atoms with Crippen LogP contribution in [0.4, 0.5) is 0 Å². The highest BCUT2D eigenvalue weighted by Gasteiger charge is 2.48. The summed E-state index contributed by atoms with van der Waals surface area (Å²) in [5, 5.41) is 3.47. The second kappa shape index (κ2) is 6.44. The van der Waals surface area contributed by atoms with Crippen molar-refractivity contribution < 1.29 is 9.53 Å². The van der Waals surface area contributed by atoms with Crippen molar-refractivity contribution >= 4 is 5.97 Å². The number of nitrogens with one attached hydrogen (secondary N) is 1. The van der Waals surface area contributed by atoms with Crippen LogP contribution in [0.25, 0.3) is 0 Å². The van der Waals surface area contributed by atoms with Crippen LogP contribution in [0.3, 0.4) is 0 Å². The molecule has 0 aromatic heterocycles. The van der Waals surface area contributed by atoms with E-state index in [2.05, 4.69) is 31.0 Å². The fourth-order valence-corrected chi connectivity index (χ4v) is 3.78. The Hall–Kier alpha value is -0.610. The van der Waals surface area contributed by atoms with E-state index in [9.17, 15) is 4.79 Å². The summed E-state index contributed by atoms with van der Waals surface area (Å²) in [6, 6.07) is 0.533. The molecule has 20 heavy (non-hydrogen) atoms. The van der Waals surface area contributed by atoms with E-state index in [0.29, 0.717) is 6.04 Å². The predicted molar refractivity (Wildman–Crippen MR) is 80.6 cm³/mol.